The number of carbonyl (C=O) groups is 2. The lowest BCUT2D eigenvalue weighted by molar-refractivity contribution is -0.297. The van der Waals surface area contributed by atoms with Crippen LogP contribution in [0, 0.1) is 0 Å². The summed E-state index contributed by atoms with van der Waals surface area (Å²) in [6.07, 6.45) is -11.6. The van der Waals surface area contributed by atoms with Gasteiger partial charge < -0.3 is 15.5 Å². The number of alkyl halides is 6. The Kier molecular flexibility index (Phi) is 7.59. The number of hydrogen-bond acceptors (Lipinski definition) is 5. The second kappa shape index (κ2) is 9.17. The highest BCUT2D eigenvalue weighted by Crippen LogP contribution is 2.55. The number of aliphatic hydroxyl groups is 1. The quantitative estimate of drug-likeness (QED) is 0.399. The highest BCUT2D eigenvalue weighted by atomic mass is 35.5. The van der Waals surface area contributed by atoms with E-state index in [9.17, 15) is 46.1 Å². The minimum Gasteiger partial charge on any atom is -0.476 e. The molecule has 6 nitrogen and oxygen atoms in total. The number of carbonyl (C=O) groups excluding carboxylic acids is 1. The second-order valence-electron chi connectivity index (χ2n) is 7.91. The molecule has 0 aliphatic rings. The van der Waals surface area contributed by atoms with Crippen molar-refractivity contribution in [3.63, 3.8) is 0 Å². The molecule has 15 heteroatoms. The van der Waals surface area contributed by atoms with Gasteiger partial charge in [-0.05, 0) is 26.3 Å². The van der Waals surface area contributed by atoms with Crippen LogP contribution in [0.1, 0.15) is 46.6 Å². The van der Waals surface area contributed by atoms with Crippen molar-refractivity contribution >= 4 is 46.4 Å². The van der Waals surface area contributed by atoms with Gasteiger partial charge in [0.15, 0.2) is 16.1 Å². The molecule has 0 spiro atoms. The van der Waals surface area contributed by atoms with Crippen LogP contribution in [0.4, 0.5) is 26.3 Å². The van der Waals surface area contributed by atoms with E-state index in [2.05, 4.69) is 10.3 Å². The first-order valence-corrected chi connectivity index (χ1v) is 10.7. The molecule has 0 bridgehead atoms. The zero-order valence-electron chi connectivity index (χ0n) is 17.5. The first-order chi connectivity index (χ1) is 15.2. The average Bonchev–Trinajstić information content (AvgIpc) is 3.10. The van der Waals surface area contributed by atoms with E-state index in [1.54, 1.807) is 0 Å². The van der Waals surface area contributed by atoms with Crippen LogP contribution in [-0.2, 0) is 5.41 Å². The molecule has 3 N–H and O–H groups in total. The molecule has 188 valence electrons. The van der Waals surface area contributed by atoms with Gasteiger partial charge in [-0.2, -0.15) is 26.3 Å². The Bertz CT molecular complexity index is 1110. The molecule has 0 radical (unpaired) electrons. The van der Waals surface area contributed by atoms with E-state index in [-0.39, 0.29) is 23.9 Å². The Balaban J connectivity index is 2.66. The summed E-state index contributed by atoms with van der Waals surface area (Å²) in [6.45, 7) is 2.47. The van der Waals surface area contributed by atoms with Crippen LogP contribution >= 0.6 is 34.5 Å². The standard InChI is InChI=1S/C19H16Cl2F6N2O4S/c1-16(2,33)6-28-13(30)14-29-11(15(31)32)12(34-14)7-4-5-8(10(21)9(7)20)17(3,18(22,23)24)19(25,26)27/h4-5,33H,6H2,1-3H3,(H,28,30)(H,31,32). The Morgan fingerprint density at radius 1 is 1.03 bits per heavy atom. The van der Waals surface area contributed by atoms with E-state index in [0.29, 0.717) is 17.4 Å². The van der Waals surface area contributed by atoms with Crippen molar-refractivity contribution in [2.45, 2.75) is 44.1 Å². The van der Waals surface area contributed by atoms with E-state index in [1.165, 1.54) is 13.8 Å². The van der Waals surface area contributed by atoms with Gasteiger partial charge >= 0.3 is 18.3 Å². The van der Waals surface area contributed by atoms with Crippen molar-refractivity contribution in [3.8, 4) is 10.4 Å². The van der Waals surface area contributed by atoms with Crippen molar-refractivity contribution in [2.75, 3.05) is 6.54 Å². The first kappa shape index (κ1) is 28.1. The number of nitrogens with one attached hydrogen (secondary N) is 1. The third kappa shape index (κ3) is 5.26. The molecule has 1 aromatic carbocycles. The number of hydrogen-bond donors (Lipinski definition) is 3. The molecular formula is C19H16Cl2F6N2O4S. The number of thiazole rings is 1. The van der Waals surface area contributed by atoms with Crippen LogP contribution in [0.25, 0.3) is 10.4 Å². The Labute approximate surface area is 202 Å². The van der Waals surface area contributed by atoms with Gasteiger partial charge in [0.25, 0.3) is 5.91 Å². The van der Waals surface area contributed by atoms with E-state index in [4.69, 9.17) is 23.2 Å². The van der Waals surface area contributed by atoms with Gasteiger partial charge in [0, 0.05) is 12.1 Å². The van der Waals surface area contributed by atoms with Crippen LogP contribution < -0.4 is 5.32 Å². The van der Waals surface area contributed by atoms with Crippen LogP contribution in [0.2, 0.25) is 10.0 Å². The summed E-state index contributed by atoms with van der Waals surface area (Å²) in [6, 6.07) is 1.20. The number of benzene rings is 1. The monoisotopic (exact) mass is 552 g/mol. The molecule has 2 rings (SSSR count). The Morgan fingerprint density at radius 2 is 1.56 bits per heavy atom. The van der Waals surface area contributed by atoms with Crippen LogP contribution in [0.5, 0.6) is 0 Å². The number of amides is 1. The summed E-state index contributed by atoms with van der Waals surface area (Å²) < 4.78 is 80.8. The second-order valence-corrected chi connectivity index (χ2v) is 9.66. The van der Waals surface area contributed by atoms with E-state index < -0.39 is 61.6 Å². The number of carboxylic acids is 1. The lowest BCUT2D eigenvalue weighted by Crippen LogP contribution is -2.51. The van der Waals surface area contributed by atoms with E-state index in [0.717, 1.165) is 6.07 Å². The molecule has 1 heterocycles. The Hall–Kier alpha value is -2.09. The van der Waals surface area contributed by atoms with Crippen molar-refractivity contribution in [1.82, 2.24) is 10.3 Å². The van der Waals surface area contributed by atoms with Crippen molar-refractivity contribution in [2.24, 2.45) is 0 Å². The van der Waals surface area contributed by atoms with E-state index in [1.807, 2.05) is 0 Å². The summed E-state index contributed by atoms with van der Waals surface area (Å²) in [5.74, 6) is -2.51. The van der Waals surface area contributed by atoms with Gasteiger partial charge in [-0.3, -0.25) is 4.79 Å². The van der Waals surface area contributed by atoms with Gasteiger partial charge in [-0.25, -0.2) is 9.78 Å². The number of aromatic nitrogens is 1. The number of aromatic carboxylic acids is 1. The summed E-state index contributed by atoms with van der Waals surface area (Å²) in [5.41, 5.74) is -8.11. The topological polar surface area (TPSA) is 99.5 Å². The zero-order chi connectivity index (χ0) is 26.4. The molecule has 0 saturated heterocycles. The maximum absolute atomic E-state index is 13.5. The predicted molar refractivity (Wildman–Crippen MR) is 113 cm³/mol. The smallest absolute Gasteiger partial charge is 0.406 e. The van der Waals surface area contributed by atoms with Gasteiger partial charge in [-0.1, -0.05) is 35.3 Å². The maximum Gasteiger partial charge on any atom is 0.406 e. The first-order valence-electron chi connectivity index (χ1n) is 9.09. The van der Waals surface area contributed by atoms with Gasteiger partial charge in [0.1, 0.15) is 0 Å². The molecule has 0 atom stereocenters. The number of rotatable bonds is 6. The SMILES string of the molecule is CC(C)(O)CNC(=O)c1nc(C(=O)O)c(-c2ccc(C(C)(C(F)(F)F)C(F)(F)F)c(Cl)c2Cl)s1. The van der Waals surface area contributed by atoms with Gasteiger partial charge in [0.05, 0.1) is 20.5 Å². The van der Waals surface area contributed by atoms with Crippen LogP contribution in [-0.4, -0.2) is 51.6 Å². The fraction of sp³-hybridized carbons (Fsp3) is 0.421. The summed E-state index contributed by atoms with van der Waals surface area (Å²) >= 11 is 12.3. The van der Waals surface area contributed by atoms with Crippen molar-refractivity contribution in [1.29, 1.82) is 0 Å². The molecule has 2 aromatic rings. The zero-order valence-corrected chi connectivity index (χ0v) is 19.8. The molecule has 34 heavy (non-hydrogen) atoms. The molecule has 0 fully saturated rings. The third-order valence-corrected chi connectivity index (χ3v) is 6.67. The molecular weight excluding hydrogens is 537 g/mol. The molecule has 1 aromatic heterocycles. The number of halogens is 8. The van der Waals surface area contributed by atoms with Crippen LogP contribution in [0.15, 0.2) is 12.1 Å². The largest absolute Gasteiger partial charge is 0.476 e. The number of nitrogens with zero attached hydrogens (tertiary/aromatic N) is 1. The molecule has 0 unspecified atom stereocenters. The fourth-order valence-corrected chi connectivity index (χ4v) is 4.37. The van der Waals surface area contributed by atoms with Gasteiger partial charge in [-0.15, -0.1) is 11.3 Å². The predicted octanol–water partition coefficient (Wildman–Crippen LogP) is 5.70. The molecule has 0 aliphatic carbocycles. The normalized spacial score (nSPS) is 13.2. The fourth-order valence-electron chi connectivity index (χ4n) is 2.69. The molecule has 1 amide bonds. The number of carboxylic acid groups (broad SMARTS) is 1. The third-order valence-electron chi connectivity index (χ3n) is 4.71. The minimum atomic E-state index is -5.79. The molecule has 0 aliphatic heterocycles. The summed E-state index contributed by atoms with van der Waals surface area (Å²) in [4.78, 5) is 27.3. The highest BCUT2D eigenvalue weighted by molar-refractivity contribution is 7.17. The minimum absolute atomic E-state index is 0.0926. The molecule has 0 saturated carbocycles. The van der Waals surface area contributed by atoms with E-state index >= 15 is 0 Å². The van der Waals surface area contributed by atoms with Gasteiger partial charge in [0.2, 0.25) is 0 Å². The lowest BCUT2D eigenvalue weighted by atomic mass is 9.80. The summed E-state index contributed by atoms with van der Waals surface area (Å²) in [5, 5.41) is 19.2. The van der Waals surface area contributed by atoms with Crippen molar-refractivity contribution < 1.29 is 46.1 Å². The highest BCUT2D eigenvalue weighted by Gasteiger charge is 2.69. The summed E-state index contributed by atoms with van der Waals surface area (Å²) in [7, 11) is 0. The van der Waals surface area contributed by atoms with Crippen molar-refractivity contribution in [3.05, 3.63) is 38.4 Å². The lowest BCUT2D eigenvalue weighted by Gasteiger charge is -2.35. The Morgan fingerprint density at radius 3 is 2.00 bits per heavy atom. The maximum atomic E-state index is 13.5. The average molecular weight is 553 g/mol. The van der Waals surface area contributed by atoms with Crippen LogP contribution in [0.3, 0.4) is 0 Å².